The summed E-state index contributed by atoms with van der Waals surface area (Å²) in [4.78, 5) is -0.469. The maximum Gasteiger partial charge on any atom is 0.241 e. The predicted molar refractivity (Wildman–Crippen MR) is 67.2 cm³/mol. The van der Waals surface area contributed by atoms with Crippen molar-refractivity contribution in [1.29, 1.82) is 0 Å². The van der Waals surface area contributed by atoms with Crippen LogP contribution in [0.5, 0.6) is 0 Å². The Morgan fingerprint density at radius 1 is 1.21 bits per heavy atom. The van der Waals surface area contributed by atoms with E-state index in [-0.39, 0.29) is 16.4 Å². The molecular weight excluding hydrogens is 292 g/mol. The van der Waals surface area contributed by atoms with Crippen molar-refractivity contribution in [3.63, 3.8) is 0 Å². The Hall–Kier alpha value is -1.00. The van der Waals surface area contributed by atoms with E-state index in [1.807, 2.05) is 0 Å². The van der Waals surface area contributed by atoms with Crippen LogP contribution in [0.25, 0.3) is 0 Å². The molecule has 0 radical (unpaired) electrons. The topological polar surface area (TPSA) is 127 Å². The average molecular weight is 306 g/mol. The van der Waals surface area contributed by atoms with Gasteiger partial charge >= 0.3 is 0 Å². The molecule has 1 saturated carbocycles. The number of benzene rings is 1. The van der Waals surface area contributed by atoms with Gasteiger partial charge in [-0.3, -0.25) is 0 Å². The summed E-state index contributed by atoms with van der Waals surface area (Å²) >= 11 is 0. The van der Waals surface area contributed by atoms with Crippen LogP contribution in [0.15, 0.2) is 34.1 Å². The first-order chi connectivity index (χ1) is 8.69. The van der Waals surface area contributed by atoms with Crippen molar-refractivity contribution < 1.29 is 21.9 Å². The fraction of sp³-hybridized carbons (Fsp3) is 0.400. The van der Waals surface area contributed by atoms with Crippen LogP contribution >= 0.6 is 0 Å². The van der Waals surface area contributed by atoms with Crippen LogP contribution in [0.1, 0.15) is 12.8 Å². The van der Waals surface area contributed by atoms with Gasteiger partial charge < -0.3 is 5.11 Å². The lowest BCUT2D eigenvalue weighted by Crippen LogP contribution is -2.39. The van der Waals surface area contributed by atoms with Crippen molar-refractivity contribution >= 4 is 20.0 Å². The molecule has 1 aliphatic rings. The summed E-state index contributed by atoms with van der Waals surface area (Å²) < 4.78 is 48.9. The van der Waals surface area contributed by atoms with Gasteiger partial charge in [-0.05, 0) is 31.0 Å². The highest BCUT2D eigenvalue weighted by molar-refractivity contribution is 7.90. The van der Waals surface area contributed by atoms with E-state index in [0.717, 1.165) is 6.07 Å². The van der Waals surface area contributed by atoms with E-state index < -0.39 is 25.6 Å². The van der Waals surface area contributed by atoms with Crippen LogP contribution in [0.3, 0.4) is 0 Å². The largest absolute Gasteiger partial charge is 0.394 e. The third-order valence-corrected chi connectivity index (χ3v) is 5.44. The molecule has 1 aromatic rings. The van der Waals surface area contributed by atoms with Crippen LogP contribution < -0.4 is 9.86 Å². The number of aliphatic hydroxyl groups is 1. The minimum atomic E-state index is -3.96. The second-order valence-electron chi connectivity index (χ2n) is 4.56. The molecule has 1 fully saturated rings. The summed E-state index contributed by atoms with van der Waals surface area (Å²) in [5.74, 6) is 0. The number of aliphatic hydroxyl groups excluding tert-OH is 1. The van der Waals surface area contributed by atoms with Gasteiger partial charge in [0.25, 0.3) is 0 Å². The van der Waals surface area contributed by atoms with Crippen molar-refractivity contribution in [1.82, 2.24) is 4.72 Å². The highest BCUT2D eigenvalue weighted by Crippen LogP contribution is 2.36. The van der Waals surface area contributed by atoms with Crippen molar-refractivity contribution in [2.45, 2.75) is 28.2 Å². The van der Waals surface area contributed by atoms with E-state index in [2.05, 4.69) is 4.72 Å². The van der Waals surface area contributed by atoms with Crippen LogP contribution in [-0.4, -0.2) is 34.1 Å². The van der Waals surface area contributed by atoms with Gasteiger partial charge in [0.2, 0.25) is 20.0 Å². The standard InChI is InChI=1S/C10H14N2O5S2/c11-18(14,15)8-2-1-3-9(6-8)19(16,17)12-10(7-13)4-5-10/h1-3,6,12-13H,4-5,7H2,(H2,11,14,15). The minimum Gasteiger partial charge on any atom is -0.394 e. The maximum atomic E-state index is 12.1. The van der Waals surface area contributed by atoms with Crippen LogP contribution in [0.2, 0.25) is 0 Å². The monoisotopic (exact) mass is 306 g/mol. The fourth-order valence-electron chi connectivity index (χ4n) is 1.61. The molecular formula is C10H14N2O5S2. The Morgan fingerprint density at radius 3 is 2.26 bits per heavy atom. The maximum absolute atomic E-state index is 12.1. The number of hydrogen-bond donors (Lipinski definition) is 3. The van der Waals surface area contributed by atoms with Crippen molar-refractivity contribution in [2.24, 2.45) is 5.14 Å². The third kappa shape index (κ3) is 3.12. The van der Waals surface area contributed by atoms with Crippen LogP contribution in [0.4, 0.5) is 0 Å². The van der Waals surface area contributed by atoms with Gasteiger partial charge in [-0.25, -0.2) is 26.7 Å². The third-order valence-electron chi connectivity index (χ3n) is 2.95. The molecule has 0 heterocycles. The molecule has 0 atom stereocenters. The fourth-order valence-corrected chi connectivity index (χ4v) is 3.74. The number of hydrogen-bond acceptors (Lipinski definition) is 5. The zero-order chi connectivity index (χ0) is 14.3. The molecule has 0 bridgehead atoms. The Labute approximate surface area is 111 Å². The van der Waals surface area contributed by atoms with Crippen molar-refractivity contribution in [2.75, 3.05) is 6.61 Å². The molecule has 7 nitrogen and oxygen atoms in total. The molecule has 1 aromatic carbocycles. The number of primary sulfonamides is 1. The number of sulfonamides is 2. The van der Waals surface area contributed by atoms with E-state index in [1.54, 1.807) is 0 Å². The van der Waals surface area contributed by atoms with Gasteiger partial charge in [0.05, 0.1) is 21.9 Å². The highest BCUT2D eigenvalue weighted by Gasteiger charge is 2.45. The second kappa shape index (κ2) is 4.53. The van der Waals surface area contributed by atoms with Gasteiger partial charge in [0.15, 0.2) is 0 Å². The summed E-state index contributed by atoms with van der Waals surface area (Å²) in [6.07, 6.45) is 1.11. The SMILES string of the molecule is NS(=O)(=O)c1cccc(S(=O)(=O)NC2(CO)CC2)c1. The Balaban J connectivity index is 2.36. The summed E-state index contributed by atoms with van der Waals surface area (Å²) in [7, 11) is -7.84. The predicted octanol–water partition coefficient (Wildman–Crippen LogP) is -0.863. The van der Waals surface area contributed by atoms with Gasteiger partial charge in [-0.2, -0.15) is 0 Å². The average Bonchev–Trinajstić information content (AvgIpc) is 3.08. The van der Waals surface area contributed by atoms with Gasteiger partial charge in [-0.15, -0.1) is 0 Å². The quantitative estimate of drug-likeness (QED) is 0.652. The molecule has 0 spiro atoms. The summed E-state index contributed by atoms with van der Waals surface area (Å²) in [6, 6.07) is 4.77. The lowest BCUT2D eigenvalue weighted by atomic mass is 10.3. The molecule has 0 unspecified atom stereocenters. The smallest absolute Gasteiger partial charge is 0.241 e. The van der Waals surface area contributed by atoms with E-state index in [1.165, 1.54) is 18.2 Å². The number of nitrogens with one attached hydrogen (secondary N) is 1. The van der Waals surface area contributed by atoms with E-state index >= 15 is 0 Å². The molecule has 4 N–H and O–H groups in total. The normalized spacial score (nSPS) is 18.2. The Morgan fingerprint density at radius 2 is 1.79 bits per heavy atom. The summed E-state index contributed by atoms with van der Waals surface area (Å²) in [6.45, 7) is -0.291. The van der Waals surface area contributed by atoms with Crippen LogP contribution in [0, 0.1) is 0 Å². The molecule has 19 heavy (non-hydrogen) atoms. The number of rotatable bonds is 5. The second-order valence-corrected chi connectivity index (χ2v) is 7.81. The highest BCUT2D eigenvalue weighted by atomic mass is 32.2. The first-order valence-corrected chi connectivity index (χ1v) is 8.49. The van der Waals surface area contributed by atoms with Crippen molar-refractivity contribution in [3.05, 3.63) is 24.3 Å². The van der Waals surface area contributed by atoms with E-state index in [9.17, 15) is 16.8 Å². The Bertz CT molecular complexity index is 692. The molecule has 9 heteroatoms. The van der Waals surface area contributed by atoms with Gasteiger partial charge in [0.1, 0.15) is 0 Å². The van der Waals surface area contributed by atoms with Gasteiger partial charge in [-0.1, -0.05) is 6.07 Å². The first-order valence-electron chi connectivity index (χ1n) is 5.46. The number of nitrogens with two attached hydrogens (primary N) is 1. The summed E-state index contributed by atoms with van der Waals surface area (Å²) in [5, 5.41) is 14.1. The van der Waals surface area contributed by atoms with Crippen molar-refractivity contribution in [3.8, 4) is 0 Å². The molecule has 0 saturated heterocycles. The molecule has 0 amide bonds. The molecule has 106 valence electrons. The molecule has 1 aliphatic carbocycles. The lowest BCUT2D eigenvalue weighted by Gasteiger charge is -2.14. The van der Waals surface area contributed by atoms with Crippen LogP contribution in [-0.2, 0) is 20.0 Å². The molecule has 0 aliphatic heterocycles. The lowest BCUT2D eigenvalue weighted by molar-refractivity contribution is 0.246. The van der Waals surface area contributed by atoms with Gasteiger partial charge in [0, 0.05) is 0 Å². The summed E-state index contributed by atoms with van der Waals surface area (Å²) in [5.41, 5.74) is -0.809. The first kappa shape index (κ1) is 14.4. The Kier molecular flexibility index (Phi) is 3.43. The van der Waals surface area contributed by atoms with E-state index in [0.29, 0.717) is 12.8 Å². The van der Waals surface area contributed by atoms with E-state index in [4.69, 9.17) is 10.2 Å². The minimum absolute atomic E-state index is 0.196. The zero-order valence-corrected chi connectivity index (χ0v) is 11.5. The zero-order valence-electron chi connectivity index (χ0n) is 9.90. The molecule has 0 aromatic heterocycles. The molecule has 2 rings (SSSR count).